The molecule has 10 heteroatoms. The number of carbonyl (C=O) groups excluding carboxylic acids is 1. The third kappa shape index (κ3) is 4.65. The summed E-state index contributed by atoms with van der Waals surface area (Å²) in [6, 6.07) is 11.5. The molecule has 0 unspecified atom stereocenters. The molecule has 5 N–H and O–H groups in total. The monoisotopic (exact) mass is 509 g/mol. The van der Waals surface area contributed by atoms with E-state index in [1.165, 1.54) is 12.0 Å². The summed E-state index contributed by atoms with van der Waals surface area (Å²) >= 11 is 12.8. The molecular weight excluding hydrogens is 485 g/mol. The lowest BCUT2D eigenvalue weighted by molar-refractivity contribution is 0.100. The van der Waals surface area contributed by atoms with Gasteiger partial charge in [0.25, 0.3) is 5.91 Å². The molecule has 0 aliphatic carbocycles. The molecule has 3 heterocycles. The molecule has 35 heavy (non-hydrogen) atoms. The first-order chi connectivity index (χ1) is 16.9. The number of pyridine rings is 1. The number of carbonyl (C=O) groups is 1. The van der Waals surface area contributed by atoms with Gasteiger partial charge in [0.1, 0.15) is 16.9 Å². The first-order valence-corrected chi connectivity index (χ1v) is 12.1. The predicted octanol–water partition coefficient (Wildman–Crippen LogP) is 4.42. The van der Waals surface area contributed by atoms with E-state index < -0.39 is 5.91 Å². The summed E-state index contributed by atoms with van der Waals surface area (Å²) in [5.41, 5.74) is 11.6. The summed E-state index contributed by atoms with van der Waals surface area (Å²) in [6.07, 6.45) is 1.86. The third-order valence-electron chi connectivity index (χ3n) is 6.22. The van der Waals surface area contributed by atoms with Crippen molar-refractivity contribution in [3.8, 4) is 0 Å². The number of piperazine rings is 1. The van der Waals surface area contributed by atoms with E-state index in [9.17, 15) is 4.79 Å². The number of nitrogens with zero attached hydrogens (tertiary/aromatic N) is 3. The molecule has 1 saturated heterocycles. The highest BCUT2D eigenvalue weighted by atomic mass is 35.5. The van der Waals surface area contributed by atoms with Crippen LogP contribution in [0.4, 0.5) is 17.2 Å². The number of nitrogens with two attached hydrogens (primary N) is 1. The van der Waals surface area contributed by atoms with Crippen LogP contribution in [-0.2, 0) is 6.42 Å². The number of amides is 1. The van der Waals surface area contributed by atoms with Gasteiger partial charge in [0.05, 0.1) is 17.5 Å². The number of primary amides is 1. The summed E-state index contributed by atoms with van der Waals surface area (Å²) in [5, 5.41) is 7.76. The predicted molar refractivity (Wildman–Crippen MR) is 141 cm³/mol. The molecule has 1 fully saturated rings. The van der Waals surface area contributed by atoms with Crippen LogP contribution >= 0.6 is 23.2 Å². The van der Waals surface area contributed by atoms with E-state index >= 15 is 0 Å². The van der Waals surface area contributed by atoms with Crippen molar-refractivity contribution in [2.45, 2.75) is 13.3 Å². The molecule has 5 rings (SSSR count). The number of nitrogens with one attached hydrogen (secondary N) is 3. The van der Waals surface area contributed by atoms with E-state index in [-0.39, 0.29) is 5.56 Å². The Morgan fingerprint density at radius 3 is 2.60 bits per heavy atom. The van der Waals surface area contributed by atoms with Crippen LogP contribution in [0.3, 0.4) is 0 Å². The molecule has 0 bridgehead atoms. The summed E-state index contributed by atoms with van der Waals surface area (Å²) < 4.78 is 0. The van der Waals surface area contributed by atoms with E-state index in [4.69, 9.17) is 33.9 Å². The average Bonchev–Trinajstić information content (AvgIpc) is 3.32. The number of benzene rings is 2. The Hall–Kier alpha value is -3.33. The van der Waals surface area contributed by atoms with Crippen LogP contribution in [0.25, 0.3) is 11.0 Å². The maximum Gasteiger partial charge on any atom is 0.254 e. The molecule has 4 aromatic rings. The molecule has 1 aliphatic heterocycles. The number of imidazole rings is 1. The number of anilines is 3. The molecule has 0 radical (unpaired) electrons. The first kappa shape index (κ1) is 23.4. The van der Waals surface area contributed by atoms with Gasteiger partial charge in [-0.05, 0) is 48.4 Å². The van der Waals surface area contributed by atoms with Gasteiger partial charge in [0, 0.05) is 54.0 Å². The normalized spacial score (nSPS) is 13.9. The maximum absolute atomic E-state index is 12.5. The smallest absolute Gasteiger partial charge is 0.254 e. The van der Waals surface area contributed by atoms with Crippen LogP contribution in [-0.4, -0.2) is 47.0 Å². The van der Waals surface area contributed by atoms with Crippen LogP contribution in [0.2, 0.25) is 10.0 Å². The third-order valence-corrected chi connectivity index (χ3v) is 6.92. The fourth-order valence-corrected chi connectivity index (χ4v) is 5.05. The van der Waals surface area contributed by atoms with Crippen LogP contribution in [0, 0.1) is 6.92 Å². The van der Waals surface area contributed by atoms with Crippen molar-refractivity contribution in [3.05, 3.63) is 75.2 Å². The lowest BCUT2D eigenvalue weighted by Crippen LogP contribution is -2.43. The van der Waals surface area contributed by atoms with Crippen molar-refractivity contribution in [2.75, 3.05) is 36.4 Å². The maximum atomic E-state index is 12.5. The minimum Gasteiger partial charge on any atom is -0.369 e. The summed E-state index contributed by atoms with van der Waals surface area (Å²) in [5.74, 6) is -0.257. The molecule has 2 aromatic carbocycles. The van der Waals surface area contributed by atoms with E-state index in [1.54, 1.807) is 18.2 Å². The number of H-pyrrole nitrogens is 1. The van der Waals surface area contributed by atoms with Gasteiger partial charge in [-0.1, -0.05) is 29.3 Å². The van der Waals surface area contributed by atoms with Gasteiger partial charge in [-0.25, -0.2) is 9.97 Å². The number of aromatic amines is 1. The molecule has 8 nitrogen and oxygen atoms in total. The molecule has 0 atom stereocenters. The quantitative estimate of drug-likeness (QED) is 0.306. The fourth-order valence-electron chi connectivity index (χ4n) is 4.52. The van der Waals surface area contributed by atoms with Crippen LogP contribution in [0.5, 0.6) is 0 Å². The van der Waals surface area contributed by atoms with Crippen molar-refractivity contribution in [1.29, 1.82) is 0 Å². The van der Waals surface area contributed by atoms with Gasteiger partial charge in [-0.3, -0.25) is 4.79 Å². The standard InChI is InChI=1S/C25H25Cl2N7O/c1-14-11-15(5-6-20(14)34-9-7-29-8-10-34)32-25-21(24(28)35)23-22(30-13-31-23)19(33-25)12-16-17(26)3-2-4-18(16)27/h2-6,11,13,29H,7-10,12H2,1H3,(H2,28,35)(H,30,31)(H,32,33). The molecule has 2 aromatic heterocycles. The van der Waals surface area contributed by atoms with Gasteiger partial charge >= 0.3 is 0 Å². The zero-order chi connectivity index (χ0) is 24.5. The molecule has 180 valence electrons. The number of hydrogen-bond acceptors (Lipinski definition) is 6. The van der Waals surface area contributed by atoms with E-state index in [0.717, 1.165) is 43.0 Å². The Kier molecular flexibility index (Phi) is 6.51. The zero-order valence-electron chi connectivity index (χ0n) is 19.2. The van der Waals surface area contributed by atoms with Crippen molar-refractivity contribution >= 4 is 57.3 Å². The molecule has 1 amide bonds. The van der Waals surface area contributed by atoms with Gasteiger partial charge in [-0.2, -0.15) is 0 Å². The van der Waals surface area contributed by atoms with Gasteiger partial charge in [0.2, 0.25) is 0 Å². The van der Waals surface area contributed by atoms with Crippen molar-refractivity contribution < 1.29 is 4.79 Å². The summed E-state index contributed by atoms with van der Waals surface area (Å²) in [6.45, 7) is 5.94. The van der Waals surface area contributed by atoms with Crippen LogP contribution in [0.1, 0.15) is 27.2 Å². The Labute approximate surface area is 212 Å². The fraction of sp³-hybridized carbons (Fsp3) is 0.240. The van der Waals surface area contributed by atoms with Crippen molar-refractivity contribution in [1.82, 2.24) is 20.3 Å². The average molecular weight is 510 g/mol. The topological polar surface area (TPSA) is 112 Å². The van der Waals surface area contributed by atoms with Crippen LogP contribution in [0.15, 0.2) is 42.7 Å². The second-order valence-electron chi connectivity index (χ2n) is 8.51. The minimum atomic E-state index is -0.606. The second kappa shape index (κ2) is 9.73. The number of hydrogen-bond donors (Lipinski definition) is 4. The minimum absolute atomic E-state index is 0.246. The number of rotatable bonds is 6. The van der Waals surface area contributed by atoms with E-state index in [0.29, 0.717) is 39.0 Å². The Morgan fingerprint density at radius 2 is 1.91 bits per heavy atom. The number of aromatic nitrogens is 3. The van der Waals surface area contributed by atoms with Gasteiger partial charge in [-0.15, -0.1) is 0 Å². The highest BCUT2D eigenvalue weighted by molar-refractivity contribution is 6.36. The molecular formula is C25H25Cl2N7O. The lowest BCUT2D eigenvalue weighted by atomic mass is 10.1. The largest absolute Gasteiger partial charge is 0.369 e. The Bertz CT molecular complexity index is 1390. The van der Waals surface area contributed by atoms with Gasteiger partial charge in [0.15, 0.2) is 0 Å². The second-order valence-corrected chi connectivity index (χ2v) is 9.33. The Morgan fingerprint density at radius 1 is 1.17 bits per heavy atom. The highest BCUT2D eigenvalue weighted by Crippen LogP contribution is 2.33. The number of halogens is 2. The Balaban J connectivity index is 1.55. The molecule has 0 saturated carbocycles. The zero-order valence-corrected chi connectivity index (χ0v) is 20.7. The van der Waals surface area contributed by atoms with Crippen LogP contribution < -0.4 is 21.3 Å². The molecule has 0 spiro atoms. The summed E-state index contributed by atoms with van der Waals surface area (Å²) in [4.78, 5) is 27.1. The van der Waals surface area contributed by atoms with E-state index in [2.05, 4.69) is 38.5 Å². The summed E-state index contributed by atoms with van der Waals surface area (Å²) in [7, 11) is 0. The lowest BCUT2D eigenvalue weighted by Gasteiger charge is -2.31. The number of aryl methyl sites for hydroxylation is 1. The SMILES string of the molecule is Cc1cc(Nc2nc(Cc3c(Cl)cccc3Cl)c3nc[nH]c3c2C(N)=O)ccc1N1CCNCC1. The van der Waals surface area contributed by atoms with E-state index in [1.807, 2.05) is 12.1 Å². The van der Waals surface area contributed by atoms with Crippen molar-refractivity contribution in [3.63, 3.8) is 0 Å². The molecule has 1 aliphatic rings. The van der Waals surface area contributed by atoms with Gasteiger partial charge < -0.3 is 26.3 Å². The van der Waals surface area contributed by atoms with Crippen molar-refractivity contribution in [2.24, 2.45) is 5.73 Å². The highest BCUT2D eigenvalue weighted by Gasteiger charge is 2.22. The first-order valence-electron chi connectivity index (χ1n) is 11.3. The number of fused-ring (bicyclic) bond motifs is 1.